The minimum atomic E-state index is -0.215. The Morgan fingerprint density at radius 1 is 0.929 bits per heavy atom. The van der Waals surface area contributed by atoms with Gasteiger partial charge in [0.05, 0.1) is 0 Å². The molecular weight excluding hydrogens is 283 g/mol. The predicted octanol–water partition coefficient (Wildman–Crippen LogP) is 2.58. The summed E-state index contributed by atoms with van der Waals surface area (Å²) in [5.41, 5.74) is 0. The van der Waals surface area contributed by atoms with Gasteiger partial charge in [0.2, 0.25) is 0 Å². The molecule has 0 unspecified atom stereocenters. The van der Waals surface area contributed by atoms with E-state index in [4.69, 9.17) is 9.47 Å². The van der Waals surface area contributed by atoms with Crippen molar-refractivity contribution in [2.45, 2.75) is 56.7 Å². The van der Waals surface area contributed by atoms with Crippen LogP contribution in [0.3, 0.4) is 0 Å². The van der Waals surface area contributed by atoms with E-state index in [1.807, 2.05) is 0 Å². The van der Waals surface area contributed by atoms with Crippen molar-refractivity contribution < 1.29 is 9.47 Å². The van der Waals surface area contributed by atoms with E-state index in [0.717, 1.165) is 55.0 Å². The molecule has 0 aromatic heterocycles. The summed E-state index contributed by atoms with van der Waals surface area (Å²) in [5.74, 6) is 0. The molecule has 2 radical (unpaired) electrons. The molecular formula is C11H24O2Sn. The molecule has 14 heavy (non-hydrogen) atoms. The van der Waals surface area contributed by atoms with Crippen LogP contribution in [0.2, 0.25) is 0 Å². The first-order valence-corrected chi connectivity index (χ1v) is 7.40. The zero-order chi connectivity index (χ0) is 10.9. The molecule has 0 saturated carbocycles. The monoisotopic (exact) mass is 308 g/mol. The summed E-state index contributed by atoms with van der Waals surface area (Å²) in [6, 6.07) is 0. The Morgan fingerprint density at radius 2 is 1.43 bits per heavy atom. The Balaban J connectivity index is 3.89. The summed E-state index contributed by atoms with van der Waals surface area (Å²) < 4.78 is 11.4. The third-order valence-electron chi connectivity index (χ3n) is 1.98. The molecule has 0 saturated heterocycles. The van der Waals surface area contributed by atoms with Gasteiger partial charge in [-0.15, -0.1) is 0 Å². The third kappa shape index (κ3) is 7.07. The third-order valence-corrected chi connectivity index (χ3v) is 3.76. The first kappa shape index (κ1) is 14.7. The number of rotatable bonds is 9. The molecule has 0 aromatic rings. The second kappa shape index (κ2) is 8.98. The molecule has 2 nitrogen and oxygen atoms in total. The van der Waals surface area contributed by atoms with E-state index in [9.17, 15) is 0 Å². The standard InChI is InChI=1S/C11H23O2.Sn.H/c1-4-7-8-11(12-9-5-2)13-10-6-3;;/h4-10H2,1-3H3;;. The van der Waals surface area contributed by atoms with E-state index < -0.39 is 0 Å². The zero-order valence-corrected chi connectivity index (χ0v) is 13.1. The molecule has 0 bridgehead atoms. The van der Waals surface area contributed by atoms with Crippen LogP contribution in [-0.2, 0) is 9.47 Å². The summed E-state index contributed by atoms with van der Waals surface area (Å²) in [5, 5.41) is 0. The van der Waals surface area contributed by atoms with E-state index in [1.54, 1.807) is 0 Å². The zero-order valence-electron chi connectivity index (χ0n) is 9.84. The Morgan fingerprint density at radius 3 is 1.79 bits per heavy atom. The van der Waals surface area contributed by atoms with Crippen molar-refractivity contribution in [3.8, 4) is 0 Å². The average molecular weight is 307 g/mol. The van der Waals surface area contributed by atoms with Gasteiger partial charge in [0.15, 0.2) is 0 Å². The molecule has 3 heteroatoms. The number of hydrogen-bond acceptors (Lipinski definition) is 2. The van der Waals surface area contributed by atoms with Crippen LogP contribution in [0.25, 0.3) is 0 Å². The summed E-state index contributed by atoms with van der Waals surface area (Å²) in [7, 11) is 0. The number of hydrogen-bond donors (Lipinski definition) is 0. The molecule has 0 heterocycles. The van der Waals surface area contributed by atoms with Gasteiger partial charge < -0.3 is 0 Å². The van der Waals surface area contributed by atoms with Crippen molar-refractivity contribution in [1.82, 2.24) is 0 Å². The van der Waals surface area contributed by atoms with Crippen LogP contribution >= 0.6 is 0 Å². The fraction of sp³-hybridized carbons (Fsp3) is 1.00. The van der Waals surface area contributed by atoms with Gasteiger partial charge in [0, 0.05) is 0 Å². The van der Waals surface area contributed by atoms with Gasteiger partial charge in [-0.2, -0.15) is 0 Å². The second-order valence-corrected chi connectivity index (χ2v) is 6.12. The molecule has 0 spiro atoms. The van der Waals surface area contributed by atoms with Crippen LogP contribution in [-0.4, -0.2) is 39.5 Å². The average Bonchev–Trinajstić information content (AvgIpc) is 2.21. The minimum absolute atomic E-state index is 0.215. The Bertz CT molecular complexity index is 107. The molecule has 0 atom stereocenters. The maximum atomic E-state index is 5.82. The van der Waals surface area contributed by atoms with Crippen LogP contribution < -0.4 is 0 Å². The fourth-order valence-corrected chi connectivity index (χ4v) is 2.41. The molecule has 0 aliphatic rings. The Hall–Kier alpha value is 0.719. The van der Waals surface area contributed by atoms with Crippen molar-refractivity contribution in [2.24, 2.45) is 0 Å². The van der Waals surface area contributed by atoms with E-state index in [2.05, 4.69) is 20.8 Å². The molecule has 0 amide bonds. The van der Waals surface area contributed by atoms with Gasteiger partial charge in [0.25, 0.3) is 0 Å². The van der Waals surface area contributed by atoms with E-state index >= 15 is 0 Å². The van der Waals surface area contributed by atoms with E-state index in [0.29, 0.717) is 0 Å². The number of ether oxygens (including phenoxy) is 2. The number of unbranched alkanes of at least 4 members (excludes halogenated alkanes) is 1. The molecule has 84 valence electrons. The van der Waals surface area contributed by atoms with Gasteiger partial charge in [-0.05, 0) is 0 Å². The molecule has 0 rings (SSSR count). The van der Waals surface area contributed by atoms with Gasteiger partial charge >= 0.3 is 102 Å². The summed E-state index contributed by atoms with van der Waals surface area (Å²) in [6.45, 7) is 8.14. The fourth-order valence-electron chi connectivity index (χ4n) is 1.16. The van der Waals surface area contributed by atoms with Gasteiger partial charge in [0.1, 0.15) is 0 Å². The molecule has 0 aromatic carbocycles. The molecule has 0 aliphatic carbocycles. The molecule has 0 aliphatic heterocycles. The SMILES string of the molecule is CCCC[C]([SnH])(OCCC)OCCC. The summed E-state index contributed by atoms with van der Waals surface area (Å²) >= 11 is 1.04. The first-order valence-electron chi connectivity index (χ1n) is 5.75. The summed E-state index contributed by atoms with van der Waals surface area (Å²) in [6.07, 6.45) is 5.63. The van der Waals surface area contributed by atoms with Crippen molar-refractivity contribution in [3.63, 3.8) is 0 Å². The second-order valence-electron chi connectivity index (χ2n) is 3.61. The molecule has 0 N–H and O–H groups in total. The van der Waals surface area contributed by atoms with Gasteiger partial charge in [-0.3, -0.25) is 0 Å². The predicted molar refractivity (Wildman–Crippen MR) is 61.9 cm³/mol. The normalized spacial score (nSPS) is 12.0. The summed E-state index contributed by atoms with van der Waals surface area (Å²) in [4.78, 5) is 0. The Labute approximate surface area is 102 Å². The van der Waals surface area contributed by atoms with Crippen LogP contribution in [0, 0.1) is 0 Å². The van der Waals surface area contributed by atoms with Crippen molar-refractivity contribution in [3.05, 3.63) is 0 Å². The first-order chi connectivity index (χ1) is 6.68. The van der Waals surface area contributed by atoms with Gasteiger partial charge in [-0.1, -0.05) is 0 Å². The van der Waals surface area contributed by atoms with Crippen molar-refractivity contribution >= 4 is 22.5 Å². The van der Waals surface area contributed by atoms with Crippen LogP contribution in [0.1, 0.15) is 52.9 Å². The maximum absolute atomic E-state index is 5.82. The van der Waals surface area contributed by atoms with Crippen LogP contribution in [0.15, 0.2) is 0 Å². The van der Waals surface area contributed by atoms with E-state index in [1.165, 1.54) is 12.8 Å². The topological polar surface area (TPSA) is 18.5 Å². The quantitative estimate of drug-likeness (QED) is 0.481. The van der Waals surface area contributed by atoms with Gasteiger partial charge in [-0.25, -0.2) is 0 Å². The molecule has 0 fully saturated rings. The van der Waals surface area contributed by atoms with E-state index in [-0.39, 0.29) is 3.80 Å². The van der Waals surface area contributed by atoms with Crippen molar-refractivity contribution in [1.29, 1.82) is 0 Å². The van der Waals surface area contributed by atoms with Crippen LogP contribution in [0.4, 0.5) is 0 Å². The van der Waals surface area contributed by atoms with Crippen LogP contribution in [0.5, 0.6) is 0 Å². The Kier molecular flexibility index (Phi) is 9.44. The van der Waals surface area contributed by atoms with Crippen molar-refractivity contribution in [2.75, 3.05) is 13.2 Å².